The molecule has 0 radical (unpaired) electrons. The maximum Gasteiger partial charge on any atom is 0.407 e. The van der Waals surface area contributed by atoms with Crippen LogP contribution in [0.15, 0.2) is 48.5 Å². The van der Waals surface area contributed by atoms with E-state index in [4.69, 9.17) is 9.47 Å². The van der Waals surface area contributed by atoms with E-state index in [1.165, 1.54) is 11.1 Å². The van der Waals surface area contributed by atoms with Gasteiger partial charge < -0.3 is 25.2 Å². The summed E-state index contributed by atoms with van der Waals surface area (Å²) in [5.74, 6) is -1.48. The van der Waals surface area contributed by atoms with Crippen molar-refractivity contribution in [1.82, 2.24) is 10.6 Å². The molecule has 0 unspecified atom stereocenters. The molecule has 0 bridgehead atoms. The average molecular weight is 479 g/mol. The number of carboxylic acid groups (broad SMARTS) is 1. The number of aliphatic carboxylic acids is 1. The van der Waals surface area contributed by atoms with Crippen LogP contribution in [0.25, 0.3) is 11.1 Å². The van der Waals surface area contributed by atoms with Crippen LogP contribution in [-0.2, 0) is 19.1 Å². The molecule has 1 saturated heterocycles. The van der Waals surface area contributed by atoms with E-state index in [0.717, 1.165) is 17.5 Å². The molecule has 8 heteroatoms. The summed E-state index contributed by atoms with van der Waals surface area (Å²) in [6.07, 6.45) is 1.67. The van der Waals surface area contributed by atoms with Crippen molar-refractivity contribution in [1.29, 1.82) is 0 Å². The van der Waals surface area contributed by atoms with E-state index in [-0.39, 0.29) is 37.3 Å². The minimum absolute atomic E-state index is 0.0235. The zero-order valence-corrected chi connectivity index (χ0v) is 19.5. The molecule has 0 spiro atoms. The molecule has 1 saturated carbocycles. The first-order valence-corrected chi connectivity index (χ1v) is 12.2. The fourth-order valence-corrected chi connectivity index (χ4v) is 5.53. The van der Waals surface area contributed by atoms with Crippen LogP contribution >= 0.6 is 0 Å². The van der Waals surface area contributed by atoms with Gasteiger partial charge in [0, 0.05) is 31.4 Å². The second-order valence-corrected chi connectivity index (χ2v) is 9.74. The Morgan fingerprint density at radius 3 is 2.29 bits per heavy atom. The van der Waals surface area contributed by atoms with Crippen LogP contribution in [0.4, 0.5) is 4.79 Å². The van der Waals surface area contributed by atoms with Crippen molar-refractivity contribution in [3.05, 3.63) is 59.7 Å². The highest BCUT2D eigenvalue weighted by Gasteiger charge is 2.42. The summed E-state index contributed by atoms with van der Waals surface area (Å²) < 4.78 is 10.9. The van der Waals surface area contributed by atoms with Crippen molar-refractivity contribution < 1.29 is 29.0 Å². The molecule has 1 heterocycles. The molecule has 2 aliphatic carbocycles. The number of rotatable bonds is 8. The highest BCUT2D eigenvalue weighted by Crippen LogP contribution is 2.44. The SMILES string of the molecule is O=C(CC1(NC(=O)OCC2c3ccccc3-c3ccccc32)CCC1)NC[C@H]1CCO[C@H]1C(=O)O. The summed E-state index contributed by atoms with van der Waals surface area (Å²) in [5, 5.41) is 15.0. The number of carboxylic acids is 1. The van der Waals surface area contributed by atoms with Crippen molar-refractivity contribution >= 4 is 18.0 Å². The fraction of sp³-hybridized carbons (Fsp3) is 0.444. The number of benzene rings is 2. The van der Waals surface area contributed by atoms with Gasteiger partial charge in [-0.1, -0.05) is 48.5 Å². The molecule has 1 aliphatic heterocycles. The van der Waals surface area contributed by atoms with Crippen LogP contribution in [-0.4, -0.2) is 54.5 Å². The lowest BCUT2D eigenvalue weighted by Gasteiger charge is -2.41. The zero-order chi connectivity index (χ0) is 24.4. The lowest BCUT2D eigenvalue weighted by Crippen LogP contribution is -2.56. The van der Waals surface area contributed by atoms with Crippen molar-refractivity contribution in [3.63, 3.8) is 0 Å². The first-order chi connectivity index (χ1) is 17.0. The number of amides is 2. The number of alkyl carbamates (subject to hydrolysis) is 1. The van der Waals surface area contributed by atoms with Crippen molar-refractivity contribution in [2.75, 3.05) is 19.8 Å². The smallest absolute Gasteiger partial charge is 0.407 e. The maximum absolute atomic E-state index is 12.8. The number of carbonyl (C=O) groups is 3. The molecule has 5 rings (SSSR count). The van der Waals surface area contributed by atoms with E-state index < -0.39 is 23.7 Å². The average Bonchev–Trinajstić information content (AvgIpc) is 3.43. The number of hydrogen-bond acceptors (Lipinski definition) is 5. The van der Waals surface area contributed by atoms with Gasteiger partial charge in [-0.25, -0.2) is 9.59 Å². The largest absolute Gasteiger partial charge is 0.479 e. The third-order valence-corrected chi connectivity index (χ3v) is 7.54. The lowest BCUT2D eigenvalue weighted by atomic mass is 9.74. The zero-order valence-electron chi connectivity index (χ0n) is 19.5. The summed E-state index contributed by atoms with van der Waals surface area (Å²) in [6.45, 7) is 0.849. The Hall–Kier alpha value is -3.39. The third kappa shape index (κ3) is 4.75. The first-order valence-electron chi connectivity index (χ1n) is 12.2. The Balaban J connectivity index is 1.15. The molecule has 3 aliphatic rings. The standard InChI is InChI=1S/C27H30N2O6/c30-23(28-15-17-10-13-34-24(17)25(31)32)14-27(11-5-12-27)29-26(33)35-16-22-20-8-3-1-6-18(20)19-7-2-4-9-21(19)22/h1-4,6-9,17,22,24H,5,10-16H2,(H,28,30)(H,29,33)(H,31,32)/t17-,24-/m1/s1. The van der Waals surface area contributed by atoms with E-state index in [1.807, 2.05) is 24.3 Å². The third-order valence-electron chi connectivity index (χ3n) is 7.54. The Labute approximate surface area is 204 Å². The summed E-state index contributed by atoms with van der Waals surface area (Å²) >= 11 is 0. The maximum atomic E-state index is 12.8. The molecule has 3 N–H and O–H groups in total. The highest BCUT2D eigenvalue weighted by atomic mass is 16.5. The Kier molecular flexibility index (Phi) is 6.47. The molecule has 2 atom stereocenters. The highest BCUT2D eigenvalue weighted by molar-refractivity contribution is 5.80. The van der Waals surface area contributed by atoms with Gasteiger partial charge in [0.05, 0.1) is 5.54 Å². The summed E-state index contributed by atoms with van der Waals surface area (Å²) in [4.78, 5) is 36.6. The molecule has 2 aromatic carbocycles. The summed E-state index contributed by atoms with van der Waals surface area (Å²) in [7, 11) is 0. The second-order valence-electron chi connectivity index (χ2n) is 9.74. The number of carbonyl (C=O) groups excluding carboxylic acids is 2. The molecule has 2 amide bonds. The first kappa shape index (κ1) is 23.4. The fourth-order valence-electron chi connectivity index (χ4n) is 5.53. The Bertz CT molecular complexity index is 1080. The Morgan fingerprint density at radius 2 is 1.69 bits per heavy atom. The van der Waals surface area contributed by atoms with Crippen molar-refractivity contribution in [3.8, 4) is 11.1 Å². The van der Waals surface area contributed by atoms with Crippen LogP contribution < -0.4 is 10.6 Å². The van der Waals surface area contributed by atoms with E-state index in [2.05, 4.69) is 34.9 Å². The van der Waals surface area contributed by atoms with Crippen LogP contribution in [0.2, 0.25) is 0 Å². The van der Waals surface area contributed by atoms with Gasteiger partial charge in [0.2, 0.25) is 5.91 Å². The van der Waals surface area contributed by atoms with Crippen molar-refractivity contribution in [2.24, 2.45) is 5.92 Å². The lowest BCUT2D eigenvalue weighted by molar-refractivity contribution is -0.149. The predicted molar refractivity (Wildman–Crippen MR) is 128 cm³/mol. The normalized spacial score (nSPS) is 21.9. The summed E-state index contributed by atoms with van der Waals surface area (Å²) in [5.41, 5.74) is 4.01. The minimum atomic E-state index is -1.01. The molecule has 2 aromatic rings. The van der Waals surface area contributed by atoms with Gasteiger partial charge in [-0.2, -0.15) is 0 Å². The predicted octanol–water partition coefficient (Wildman–Crippen LogP) is 3.44. The second kappa shape index (κ2) is 9.70. The quantitative estimate of drug-likeness (QED) is 0.536. The molecular weight excluding hydrogens is 448 g/mol. The molecular formula is C27H30N2O6. The molecule has 184 valence electrons. The van der Waals surface area contributed by atoms with E-state index in [0.29, 0.717) is 25.9 Å². The molecule has 2 fully saturated rings. The van der Waals surface area contributed by atoms with Gasteiger partial charge in [0.1, 0.15) is 6.61 Å². The van der Waals surface area contributed by atoms with Gasteiger partial charge >= 0.3 is 12.1 Å². The van der Waals surface area contributed by atoms with E-state index in [1.54, 1.807) is 0 Å². The van der Waals surface area contributed by atoms with Gasteiger partial charge in [-0.05, 0) is 47.9 Å². The van der Waals surface area contributed by atoms with Crippen LogP contribution in [0.3, 0.4) is 0 Å². The van der Waals surface area contributed by atoms with Crippen LogP contribution in [0, 0.1) is 5.92 Å². The summed E-state index contributed by atoms with van der Waals surface area (Å²) in [6, 6.07) is 16.3. The number of hydrogen-bond donors (Lipinski definition) is 3. The van der Waals surface area contributed by atoms with E-state index in [9.17, 15) is 19.5 Å². The van der Waals surface area contributed by atoms with Gasteiger partial charge in [-0.15, -0.1) is 0 Å². The van der Waals surface area contributed by atoms with Gasteiger partial charge in [0.25, 0.3) is 0 Å². The number of fused-ring (bicyclic) bond motifs is 3. The molecule has 8 nitrogen and oxygen atoms in total. The number of ether oxygens (including phenoxy) is 2. The Morgan fingerprint density at radius 1 is 1.03 bits per heavy atom. The monoisotopic (exact) mass is 478 g/mol. The topological polar surface area (TPSA) is 114 Å². The van der Waals surface area contributed by atoms with E-state index >= 15 is 0 Å². The molecule has 0 aromatic heterocycles. The minimum Gasteiger partial charge on any atom is -0.479 e. The van der Waals surface area contributed by atoms with Crippen molar-refractivity contribution in [2.45, 2.75) is 49.7 Å². The van der Waals surface area contributed by atoms with Gasteiger partial charge in [0.15, 0.2) is 6.10 Å². The molecule has 35 heavy (non-hydrogen) atoms. The van der Waals surface area contributed by atoms with Crippen LogP contribution in [0.5, 0.6) is 0 Å². The van der Waals surface area contributed by atoms with Gasteiger partial charge in [-0.3, -0.25) is 4.79 Å². The number of nitrogens with one attached hydrogen (secondary N) is 2. The van der Waals surface area contributed by atoms with Crippen LogP contribution in [0.1, 0.15) is 49.1 Å².